The molecule has 1 aliphatic rings. The van der Waals surface area contributed by atoms with Gasteiger partial charge in [-0.15, -0.1) is 10.2 Å². The number of nitrogens with one attached hydrogen (secondary N) is 1. The normalized spacial score (nSPS) is 13.6. The second-order valence-corrected chi connectivity index (χ2v) is 7.82. The molecule has 27 heavy (non-hydrogen) atoms. The molecule has 138 valence electrons. The average Bonchev–Trinajstić information content (AvgIpc) is 3.43. The number of halogens is 1. The summed E-state index contributed by atoms with van der Waals surface area (Å²) >= 11 is 7.41. The van der Waals surface area contributed by atoms with E-state index in [-0.39, 0.29) is 11.7 Å². The van der Waals surface area contributed by atoms with Gasteiger partial charge in [0.15, 0.2) is 11.0 Å². The topological polar surface area (TPSA) is 72.7 Å². The molecule has 2 heterocycles. The van der Waals surface area contributed by atoms with E-state index in [1.165, 1.54) is 11.8 Å². The molecular weight excluding hydrogens is 382 g/mol. The molecule has 1 aromatic carbocycles. The van der Waals surface area contributed by atoms with Crippen LogP contribution in [0.4, 0.5) is 5.69 Å². The van der Waals surface area contributed by atoms with Gasteiger partial charge in [-0.1, -0.05) is 29.4 Å². The molecule has 0 aliphatic heterocycles. The van der Waals surface area contributed by atoms with Gasteiger partial charge < -0.3 is 5.32 Å². The van der Waals surface area contributed by atoms with E-state index < -0.39 is 0 Å². The number of benzene rings is 1. The molecule has 1 aliphatic carbocycles. The predicted molar refractivity (Wildman–Crippen MR) is 107 cm³/mol. The number of rotatable bonds is 6. The van der Waals surface area contributed by atoms with Crippen LogP contribution in [0.1, 0.15) is 24.4 Å². The Labute approximate surface area is 166 Å². The van der Waals surface area contributed by atoms with E-state index in [2.05, 4.69) is 25.1 Å². The Morgan fingerprint density at radius 1 is 1.33 bits per heavy atom. The lowest BCUT2D eigenvalue weighted by atomic mass is 10.2. The molecule has 3 aromatic rings. The summed E-state index contributed by atoms with van der Waals surface area (Å²) in [5.74, 6) is 0.960. The maximum absolute atomic E-state index is 12.4. The number of thioether (sulfide) groups is 1. The zero-order valence-electron chi connectivity index (χ0n) is 14.7. The first kappa shape index (κ1) is 18.0. The van der Waals surface area contributed by atoms with Crippen molar-refractivity contribution in [1.82, 2.24) is 19.7 Å². The zero-order valence-corrected chi connectivity index (χ0v) is 16.3. The number of amides is 1. The summed E-state index contributed by atoms with van der Waals surface area (Å²) in [5, 5.41) is 12.9. The molecule has 0 atom stereocenters. The van der Waals surface area contributed by atoms with Gasteiger partial charge >= 0.3 is 0 Å². The van der Waals surface area contributed by atoms with E-state index in [1.807, 2.05) is 25.1 Å². The standard InChI is InChI=1S/C19H18ClN5OS/c1-12-4-5-14(20)9-16(12)22-17(26)11-27-19-24-23-18(25(19)15-6-7-15)13-3-2-8-21-10-13/h2-5,8-10,15H,6-7,11H2,1H3,(H,22,26). The molecular formula is C19H18ClN5OS. The van der Waals surface area contributed by atoms with Crippen LogP contribution in [0.5, 0.6) is 0 Å². The Bertz CT molecular complexity index is 971. The number of nitrogens with zero attached hydrogens (tertiary/aromatic N) is 4. The molecule has 2 aromatic heterocycles. The van der Waals surface area contributed by atoms with Crippen molar-refractivity contribution in [3.05, 3.63) is 53.3 Å². The van der Waals surface area contributed by atoms with E-state index in [1.54, 1.807) is 24.5 Å². The van der Waals surface area contributed by atoms with Crippen molar-refractivity contribution < 1.29 is 4.79 Å². The molecule has 8 heteroatoms. The number of pyridine rings is 1. The Hall–Kier alpha value is -2.38. The van der Waals surface area contributed by atoms with Crippen molar-refractivity contribution >= 4 is 35.0 Å². The van der Waals surface area contributed by atoms with E-state index in [0.29, 0.717) is 11.1 Å². The first-order valence-electron chi connectivity index (χ1n) is 8.66. The van der Waals surface area contributed by atoms with E-state index in [9.17, 15) is 4.79 Å². The fourth-order valence-electron chi connectivity index (χ4n) is 2.77. The van der Waals surface area contributed by atoms with Crippen LogP contribution in [0.3, 0.4) is 0 Å². The number of anilines is 1. The van der Waals surface area contributed by atoms with Crippen LogP contribution in [0.2, 0.25) is 5.02 Å². The molecule has 0 saturated heterocycles. The van der Waals surface area contributed by atoms with Crippen molar-refractivity contribution in [2.45, 2.75) is 31.0 Å². The maximum atomic E-state index is 12.4. The minimum atomic E-state index is -0.0985. The van der Waals surface area contributed by atoms with Crippen LogP contribution >= 0.6 is 23.4 Å². The largest absolute Gasteiger partial charge is 0.325 e. The van der Waals surface area contributed by atoms with Crippen LogP contribution in [0, 0.1) is 6.92 Å². The third-order valence-corrected chi connectivity index (χ3v) is 5.48. The van der Waals surface area contributed by atoms with Crippen LogP contribution in [0.25, 0.3) is 11.4 Å². The Morgan fingerprint density at radius 2 is 2.19 bits per heavy atom. The summed E-state index contributed by atoms with van der Waals surface area (Å²) in [6.45, 7) is 1.93. The number of hydrogen-bond acceptors (Lipinski definition) is 5. The van der Waals surface area contributed by atoms with Crippen LogP contribution in [-0.2, 0) is 4.79 Å². The Kier molecular flexibility index (Phi) is 5.13. The van der Waals surface area contributed by atoms with Gasteiger partial charge in [0.1, 0.15) is 0 Å². The van der Waals surface area contributed by atoms with Gasteiger partial charge in [0.2, 0.25) is 5.91 Å². The van der Waals surface area contributed by atoms with Gasteiger partial charge in [0, 0.05) is 34.7 Å². The first-order valence-corrected chi connectivity index (χ1v) is 10.0. The van der Waals surface area contributed by atoms with Gasteiger partial charge in [-0.05, 0) is 49.6 Å². The molecule has 4 rings (SSSR count). The number of aryl methyl sites for hydroxylation is 1. The highest BCUT2D eigenvalue weighted by atomic mass is 35.5. The van der Waals surface area contributed by atoms with Gasteiger partial charge in [0.25, 0.3) is 0 Å². The summed E-state index contributed by atoms with van der Waals surface area (Å²) in [5.41, 5.74) is 2.63. The minimum absolute atomic E-state index is 0.0985. The summed E-state index contributed by atoms with van der Waals surface area (Å²) in [6, 6.07) is 9.70. The molecule has 1 amide bonds. The smallest absolute Gasteiger partial charge is 0.234 e. The predicted octanol–water partition coefficient (Wildman–Crippen LogP) is 4.37. The maximum Gasteiger partial charge on any atom is 0.234 e. The summed E-state index contributed by atoms with van der Waals surface area (Å²) < 4.78 is 2.12. The third-order valence-electron chi connectivity index (χ3n) is 4.30. The lowest BCUT2D eigenvalue weighted by molar-refractivity contribution is -0.113. The van der Waals surface area contributed by atoms with Crippen LogP contribution in [0.15, 0.2) is 47.9 Å². The van der Waals surface area contributed by atoms with Gasteiger partial charge in [0.05, 0.1) is 5.75 Å². The van der Waals surface area contributed by atoms with E-state index in [4.69, 9.17) is 11.6 Å². The van der Waals surface area contributed by atoms with Gasteiger partial charge in [-0.2, -0.15) is 0 Å². The quantitative estimate of drug-likeness (QED) is 0.623. The number of aromatic nitrogens is 4. The second kappa shape index (κ2) is 7.70. The molecule has 0 radical (unpaired) electrons. The Morgan fingerprint density at radius 3 is 2.93 bits per heavy atom. The summed E-state index contributed by atoms with van der Waals surface area (Å²) in [4.78, 5) is 16.5. The minimum Gasteiger partial charge on any atom is -0.325 e. The molecule has 0 unspecified atom stereocenters. The SMILES string of the molecule is Cc1ccc(Cl)cc1NC(=O)CSc1nnc(-c2cccnc2)n1C1CC1. The second-order valence-electron chi connectivity index (χ2n) is 6.45. The Balaban J connectivity index is 1.48. The molecule has 6 nitrogen and oxygen atoms in total. The fraction of sp³-hybridized carbons (Fsp3) is 0.263. The highest BCUT2D eigenvalue weighted by molar-refractivity contribution is 7.99. The number of carbonyl (C=O) groups is 1. The number of carbonyl (C=O) groups excluding carboxylic acids is 1. The first-order chi connectivity index (χ1) is 13.1. The highest BCUT2D eigenvalue weighted by Gasteiger charge is 2.30. The summed E-state index contributed by atoms with van der Waals surface area (Å²) in [7, 11) is 0. The van der Waals surface area contributed by atoms with Crippen molar-refractivity contribution in [3.8, 4) is 11.4 Å². The number of hydrogen-bond donors (Lipinski definition) is 1. The third kappa shape index (κ3) is 4.14. The zero-order chi connectivity index (χ0) is 18.8. The van der Waals surface area contributed by atoms with Crippen LogP contribution < -0.4 is 5.32 Å². The molecule has 1 saturated carbocycles. The lowest BCUT2D eigenvalue weighted by Gasteiger charge is -2.10. The van der Waals surface area contributed by atoms with Gasteiger partial charge in [-0.3, -0.25) is 14.3 Å². The van der Waals surface area contributed by atoms with Crippen molar-refractivity contribution in [3.63, 3.8) is 0 Å². The monoisotopic (exact) mass is 399 g/mol. The average molecular weight is 400 g/mol. The fourth-order valence-corrected chi connectivity index (χ4v) is 3.75. The van der Waals surface area contributed by atoms with Crippen LogP contribution in [-0.4, -0.2) is 31.4 Å². The van der Waals surface area contributed by atoms with Crippen molar-refractivity contribution in [2.75, 3.05) is 11.1 Å². The molecule has 1 fully saturated rings. The van der Waals surface area contributed by atoms with Gasteiger partial charge in [-0.25, -0.2) is 0 Å². The summed E-state index contributed by atoms with van der Waals surface area (Å²) in [6.07, 6.45) is 5.73. The molecule has 0 bridgehead atoms. The van der Waals surface area contributed by atoms with Crippen molar-refractivity contribution in [1.29, 1.82) is 0 Å². The van der Waals surface area contributed by atoms with E-state index in [0.717, 1.165) is 40.6 Å². The molecule has 0 spiro atoms. The van der Waals surface area contributed by atoms with E-state index >= 15 is 0 Å². The van der Waals surface area contributed by atoms with Crippen molar-refractivity contribution in [2.24, 2.45) is 0 Å². The highest BCUT2D eigenvalue weighted by Crippen LogP contribution is 2.40. The molecule has 1 N–H and O–H groups in total. The lowest BCUT2D eigenvalue weighted by Crippen LogP contribution is -2.15.